The van der Waals surface area contributed by atoms with Gasteiger partial charge in [-0.3, -0.25) is 0 Å². The van der Waals surface area contributed by atoms with Gasteiger partial charge in [0.25, 0.3) is 0 Å². The first-order valence-corrected chi connectivity index (χ1v) is 6.75. The fourth-order valence-corrected chi connectivity index (χ4v) is 2.79. The molecule has 2 rings (SSSR count). The monoisotopic (exact) mass is 232 g/mol. The predicted octanol–water partition coefficient (Wildman–Crippen LogP) is 2.73. The van der Waals surface area contributed by atoms with Crippen LogP contribution in [-0.2, 0) is 6.42 Å². The molecule has 2 N–H and O–H groups in total. The molecule has 0 spiro atoms. The van der Waals surface area contributed by atoms with E-state index in [9.17, 15) is 0 Å². The van der Waals surface area contributed by atoms with Crippen molar-refractivity contribution in [3.63, 3.8) is 0 Å². The molecule has 2 nitrogen and oxygen atoms in total. The molecular formula is C15H24N2. The summed E-state index contributed by atoms with van der Waals surface area (Å²) in [7, 11) is 0. The molecule has 0 aromatic heterocycles. The van der Waals surface area contributed by atoms with Crippen LogP contribution in [0.15, 0.2) is 18.2 Å². The average molecular weight is 232 g/mol. The number of rotatable bonds is 3. The highest BCUT2D eigenvalue weighted by atomic mass is 15.1. The lowest BCUT2D eigenvalue weighted by Gasteiger charge is -2.34. The van der Waals surface area contributed by atoms with Crippen molar-refractivity contribution in [3.05, 3.63) is 29.3 Å². The maximum Gasteiger partial charge on any atom is 0.0399 e. The lowest BCUT2D eigenvalue weighted by atomic mass is 9.97. The second-order valence-corrected chi connectivity index (χ2v) is 5.36. The molecule has 1 fully saturated rings. The maximum atomic E-state index is 5.72. The Bertz CT molecular complexity index is 373. The molecule has 94 valence electrons. The third-order valence-electron chi connectivity index (χ3n) is 3.65. The van der Waals surface area contributed by atoms with Crippen LogP contribution in [0.3, 0.4) is 0 Å². The Hall–Kier alpha value is -1.02. The minimum atomic E-state index is 0.736. The van der Waals surface area contributed by atoms with E-state index < -0.39 is 0 Å². The number of hydrogen-bond acceptors (Lipinski definition) is 2. The van der Waals surface area contributed by atoms with Crippen LogP contribution in [0.2, 0.25) is 0 Å². The van der Waals surface area contributed by atoms with Crippen LogP contribution in [-0.4, -0.2) is 19.6 Å². The van der Waals surface area contributed by atoms with Gasteiger partial charge in [-0.1, -0.05) is 24.6 Å². The first-order chi connectivity index (χ1) is 8.20. The van der Waals surface area contributed by atoms with E-state index in [1.807, 2.05) is 0 Å². The quantitative estimate of drug-likeness (QED) is 0.868. The summed E-state index contributed by atoms with van der Waals surface area (Å²) in [5.41, 5.74) is 9.88. The van der Waals surface area contributed by atoms with E-state index in [0.717, 1.165) is 18.9 Å². The number of aryl methyl sites for hydroxylation is 1. The van der Waals surface area contributed by atoms with E-state index in [0.29, 0.717) is 0 Å². The molecule has 1 aliphatic heterocycles. The molecule has 0 aliphatic carbocycles. The van der Waals surface area contributed by atoms with Crippen molar-refractivity contribution < 1.29 is 0 Å². The van der Waals surface area contributed by atoms with Crippen molar-refractivity contribution in [3.8, 4) is 0 Å². The Labute approximate surface area is 105 Å². The first kappa shape index (κ1) is 12.4. The first-order valence-electron chi connectivity index (χ1n) is 6.75. The van der Waals surface area contributed by atoms with Gasteiger partial charge < -0.3 is 10.6 Å². The Kier molecular flexibility index (Phi) is 4.06. The molecule has 2 heteroatoms. The van der Waals surface area contributed by atoms with Gasteiger partial charge in [-0.25, -0.2) is 0 Å². The molecule has 1 aromatic carbocycles. The van der Waals surface area contributed by atoms with Crippen LogP contribution in [0, 0.1) is 12.8 Å². The summed E-state index contributed by atoms with van der Waals surface area (Å²) < 4.78 is 0. The highest BCUT2D eigenvalue weighted by Gasteiger charge is 2.18. The summed E-state index contributed by atoms with van der Waals surface area (Å²) >= 11 is 0. The van der Waals surface area contributed by atoms with Gasteiger partial charge in [-0.15, -0.1) is 0 Å². The maximum absolute atomic E-state index is 5.72. The fraction of sp³-hybridized carbons (Fsp3) is 0.600. The molecule has 0 radical (unpaired) electrons. The third kappa shape index (κ3) is 3.01. The molecule has 0 saturated carbocycles. The zero-order chi connectivity index (χ0) is 12.3. The van der Waals surface area contributed by atoms with Crippen molar-refractivity contribution in [2.45, 2.75) is 33.1 Å². The summed E-state index contributed by atoms with van der Waals surface area (Å²) in [6.07, 6.45) is 3.67. The topological polar surface area (TPSA) is 29.3 Å². The molecule has 1 unspecified atom stereocenters. The predicted molar refractivity (Wildman–Crippen MR) is 74.5 cm³/mol. The number of nitrogens with two attached hydrogens (primary N) is 1. The Morgan fingerprint density at radius 3 is 2.94 bits per heavy atom. The molecule has 1 heterocycles. The van der Waals surface area contributed by atoms with E-state index in [-0.39, 0.29) is 0 Å². The van der Waals surface area contributed by atoms with Crippen LogP contribution in [0.25, 0.3) is 0 Å². The second kappa shape index (κ2) is 5.54. The van der Waals surface area contributed by atoms with Gasteiger partial charge in [0.2, 0.25) is 0 Å². The number of anilines is 1. The van der Waals surface area contributed by atoms with Gasteiger partial charge in [-0.2, -0.15) is 0 Å². The molecule has 0 amide bonds. The number of hydrogen-bond donors (Lipinski definition) is 1. The normalized spacial score (nSPS) is 20.6. The van der Waals surface area contributed by atoms with Crippen LogP contribution in [0.1, 0.15) is 30.9 Å². The van der Waals surface area contributed by atoms with Crippen molar-refractivity contribution in [2.75, 3.05) is 24.5 Å². The zero-order valence-electron chi connectivity index (χ0n) is 11.1. The highest BCUT2D eigenvalue weighted by Crippen LogP contribution is 2.27. The number of piperidine rings is 1. The van der Waals surface area contributed by atoms with E-state index in [1.54, 1.807) is 0 Å². The van der Waals surface area contributed by atoms with Gasteiger partial charge in [-0.05, 0) is 50.3 Å². The fourth-order valence-electron chi connectivity index (χ4n) is 2.79. The lowest BCUT2D eigenvalue weighted by Crippen LogP contribution is -2.35. The molecule has 0 bridgehead atoms. The standard InChI is InChI=1S/C15H24N2/c1-12-5-6-15(14(10-12)7-8-16)17-9-3-4-13(2)11-17/h5-6,10,13H,3-4,7-9,11,16H2,1-2H3. The molecule has 17 heavy (non-hydrogen) atoms. The zero-order valence-corrected chi connectivity index (χ0v) is 11.1. The van der Waals surface area contributed by atoms with Crippen LogP contribution >= 0.6 is 0 Å². The molecular weight excluding hydrogens is 208 g/mol. The van der Waals surface area contributed by atoms with Crippen LogP contribution in [0.5, 0.6) is 0 Å². The lowest BCUT2D eigenvalue weighted by molar-refractivity contribution is 0.446. The van der Waals surface area contributed by atoms with Crippen LogP contribution in [0.4, 0.5) is 5.69 Å². The Morgan fingerprint density at radius 1 is 1.41 bits per heavy atom. The molecule has 1 atom stereocenters. The largest absolute Gasteiger partial charge is 0.371 e. The Morgan fingerprint density at radius 2 is 2.24 bits per heavy atom. The van der Waals surface area contributed by atoms with Crippen molar-refractivity contribution >= 4 is 5.69 Å². The number of benzene rings is 1. The highest BCUT2D eigenvalue weighted by molar-refractivity contribution is 5.55. The average Bonchev–Trinajstić information content (AvgIpc) is 2.29. The van der Waals surface area contributed by atoms with E-state index in [2.05, 4.69) is 36.9 Å². The molecule has 1 saturated heterocycles. The Balaban J connectivity index is 2.23. The van der Waals surface area contributed by atoms with Gasteiger partial charge in [0.15, 0.2) is 0 Å². The minimum absolute atomic E-state index is 0.736. The van der Waals surface area contributed by atoms with Gasteiger partial charge >= 0.3 is 0 Å². The van der Waals surface area contributed by atoms with Crippen molar-refractivity contribution in [1.82, 2.24) is 0 Å². The van der Waals surface area contributed by atoms with Gasteiger partial charge in [0.1, 0.15) is 0 Å². The van der Waals surface area contributed by atoms with Gasteiger partial charge in [0.05, 0.1) is 0 Å². The third-order valence-corrected chi connectivity index (χ3v) is 3.65. The smallest absolute Gasteiger partial charge is 0.0399 e. The van der Waals surface area contributed by atoms with E-state index >= 15 is 0 Å². The molecule has 1 aromatic rings. The minimum Gasteiger partial charge on any atom is -0.371 e. The summed E-state index contributed by atoms with van der Waals surface area (Å²) in [6.45, 7) is 7.64. The van der Waals surface area contributed by atoms with Crippen molar-refractivity contribution in [1.29, 1.82) is 0 Å². The van der Waals surface area contributed by atoms with Crippen LogP contribution < -0.4 is 10.6 Å². The van der Waals surface area contributed by atoms with E-state index in [4.69, 9.17) is 5.73 Å². The van der Waals surface area contributed by atoms with Gasteiger partial charge in [0, 0.05) is 18.8 Å². The number of nitrogens with zero attached hydrogens (tertiary/aromatic N) is 1. The van der Waals surface area contributed by atoms with E-state index in [1.165, 1.54) is 42.7 Å². The summed E-state index contributed by atoms with van der Waals surface area (Å²) in [4.78, 5) is 2.54. The summed E-state index contributed by atoms with van der Waals surface area (Å²) in [6, 6.07) is 6.79. The molecule has 1 aliphatic rings. The second-order valence-electron chi connectivity index (χ2n) is 5.36. The van der Waals surface area contributed by atoms with Crippen molar-refractivity contribution in [2.24, 2.45) is 11.7 Å². The summed E-state index contributed by atoms with van der Waals surface area (Å²) in [5, 5.41) is 0. The summed E-state index contributed by atoms with van der Waals surface area (Å²) in [5.74, 6) is 0.816. The SMILES string of the molecule is Cc1ccc(N2CCCC(C)C2)c(CCN)c1.